The van der Waals surface area contributed by atoms with Gasteiger partial charge in [-0.25, -0.2) is 9.97 Å². The third-order valence-corrected chi connectivity index (χ3v) is 6.72. The molecule has 182 valence electrons. The molecule has 4 N–H and O–H groups in total. The summed E-state index contributed by atoms with van der Waals surface area (Å²) in [6, 6.07) is 10.4. The van der Waals surface area contributed by atoms with Crippen LogP contribution >= 0.6 is 0 Å². The largest absolute Gasteiger partial charge is 0.393 e. The summed E-state index contributed by atoms with van der Waals surface area (Å²) >= 11 is 0. The Hall–Kier alpha value is -3.65. The molecule has 0 atom stereocenters. The minimum atomic E-state index is -0.225. The third-order valence-electron chi connectivity index (χ3n) is 6.72. The molecule has 1 aromatic carbocycles. The standard InChI is InChI=1S/C27H32N6O2/c1-2-3-20-14-23-25(31-19-6-10-22(34)11-7-19)24(16-29-26(23)32-20)27(35)30-15-18-4-8-21(9-5-18)33-13-12-28-17-33/h4-5,8-9,12-14,16-17,19,22,34H,2-3,6-7,10-11,15H2,1H3,(H,30,35)(H2,29,31,32)/t19-,22-. The molecule has 3 heterocycles. The van der Waals surface area contributed by atoms with Gasteiger partial charge in [-0.1, -0.05) is 25.5 Å². The van der Waals surface area contributed by atoms with E-state index in [0.717, 1.165) is 72.2 Å². The maximum atomic E-state index is 13.3. The van der Waals surface area contributed by atoms with Gasteiger partial charge in [0.15, 0.2) is 0 Å². The summed E-state index contributed by atoms with van der Waals surface area (Å²) < 4.78 is 1.94. The number of rotatable bonds is 8. The first-order valence-corrected chi connectivity index (χ1v) is 12.4. The Bertz CT molecular complexity index is 1270. The number of amides is 1. The van der Waals surface area contributed by atoms with Crippen LogP contribution in [0.5, 0.6) is 0 Å². The number of aromatic nitrogens is 4. The number of anilines is 1. The maximum absolute atomic E-state index is 13.3. The Kier molecular flexibility index (Phi) is 6.81. The lowest BCUT2D eigenvalue weighted by molar-refractivity contribution is 0.0951. The fraction of sp³-hybridized carbons (Fsp3) is 0.370. The second-order valence-electron chi connectivity index (χ2n) is 9.32. The van der Waals surface area contributed by atoms with Crippen molar-refractivity contribution in [1.82, 2.24) is 24.8 Å². The molecule has 0 aliphatic heterocycles. The predicted octanol–water partition coefficient (Wildman–Crippen LogP) is 4.35. The highest BCUT2D eigenvalue weighted by Crippen LogP contribution is 2.31. The molecule has 4 aromatic rings. The number of nitrogens with zero attached hydrogens (tertiary/aromatic N) is 3. The normalized spacial score (nSPS) is 18.0. The summed E-state index contributed by atoms with van der Waals surface area (Å²) in [7, 11) is 0. The number of aryl methyl sites for hydroxylation is 1. The number of aliphatic hydroxyl groups is 1. The number of carbonyl (C=O) groups is 1. The zero-order chi connectivity index (χ0) is 24.2. The lowest BCUT2D eigenvalue weighted by Crippen LogP contribution is -2.30. The SMILES string of the molecule is CCCc1cc2c(N[C@H]3CC[C@H](O)CC3)c(C(=O)NCc3ccc(-n4ccnc4)cc3)cnc2[nH]1. The first kappa shape index (κ1) is 23.1. The van der Waals surface area contributed by atoms with Crippen molar-refractivity contribution < 1.29 is 9.90 Å². The number of carbonyl (C=O) groups excluding carboxylic acids is 1. The molecule has 0 radical (unpaired) electrons. The fourth-order valence-corrected chi connectivity index (χ4v) is 4.76. The number of pyridine rings is 1. The number of aliphatic hydroxyl groups excluding tert-OH is 1. The van der Waals surface area contributed by atoms with Gasteiger partial charge in [0.05, 0.1) is 23.7 Å². The van der Waals surface area contributed by atoms with Gasteiger partial charge < -0.3 is 25.3 Å². The predicted molar refractivity (Wildman–Crippen MR) is 137 cm³/mol. The number of hydrogen-bond donors (Lipinski definition) is 4. The van der Waals surface area contributed by atoms with Crippen LogP contribution < -0.4 is 10.6 Å². The van der Waals surface area contributed by atoms with E-state index in [2.05, 4.69) is 38.6 Å². The molecule has 8 nitrogen and oxygen atoms in total. The zero-order valence-electron chi connectivity index (χ0n) is 20.0. The molecule has 0 bridgehead atoms. The summed E-state index contributed by atoms with van der Waals surface area (Å²) in [5.41, 5.74) is 5.31. The van der Waals surface area contributed by atoms with Crippen LogP contribution in [-0.4, -0.2) is 42.7 Å². The summed E-state index contributed by atoms with van der Waals surface area (Å²) in [5.74, 6) is -0.158. The first-order chi connectivity index (χ1) is 17.1. The van der Waals surface area contributed by atoms with Crippen LogP contribution in [0.3, 0.4) is 0 Å². The molecule has 35 heavy (non-hydrogen) atoms. The molecular formula is C27H32N6O2. The number of fused-ring (bicyclic) bond motifs is 1. The number of H-pyrrole nitrogens is 1. The first-order valence-electron chi connectivity index (χ1n) is 12.4. The Balaban J connectivity index is 1.36. The molecular weight excluding hydrogens is 440 g/mol. The molecule has 1 saturated carbocycles. The summed E-state index contributed by atoms with van der Waals surface area (Å²) in [6.45, 7) is 2.57. The van der Waals surface area contributed by atoms with Crippen LogP contribution in [0.2, 0.25) is 0 Å². The maximum Gasteiger partial charge on any atom is 0.255 e. The molecule has 1 fully saturated rings. The monoisotopic (exact) mass is 472 g/mol. The topological polar surface area (TPSA) is 108 Å². The molecule has 0 unspecified atom stereocenters. The van der Waals surface area contributed by atoms with Gasteiger partial charge in [0.2, 0.25) is 0 Å². The van der Waals surface area contributed by atoms with E-state index < -0.39 is 0 Å². The minimum Gasteiger partial charge on any atom is -0.393 e. The number of benzene rings is 1. The number of hydrogen-bond acceptors (Lipinski definition) is 5. The van der Waals surface area contributed by atoms with E-state index in [1.165, 1.54) is 0 Å². The lowest BCUT2D eigenvalue weighted by atomic mass is 9.92. The lowest BCUT2D eigenvalue weighted by Gasteiger charge is -2.28. The van der Waals surface area contributed by atoms with Gasteiger partial charge >= 0.3 is 0 Å². The van der Waals surface area contributed by atoms with Crippen molar-refractivity contribution >= 4 is 22.6 Å². The number of aromatic amines is 1. The van der Waals surface area contributed by atoms with E-state index in [1.54, 1.807) is 18.7 Å². The van der Waals surface area contributed by atoms with Crippen LogP contribution in [0, 0.1) is 0 Å². The Morgan fingerprint density at radius 3 is 2.71 bits per heavy atom. The van der Waals surface area contributed by atoms with Crippen LogP contribution in [0.15, 0.2) is 55.2 Å². The summed E-state index contributed by atoms with van der Waals surface area (Å²) in [5, 5.41) is 17.5. The average Bonchev–Trinajstić information content (AvgIpc) is 3.55. The second-order valence-corrected chi connectivity index (χ2v) is 9.32. The average molecular weight is 473 g/mol. The van der Waals surface area contributed by atoms with Crippen LogP contribution in [0.4, 0.5) is 5.69 Å². The van der Waals surface area contributed by atoms with Crippen molar-refractivity contribution in [3.63, 3.8) is 0 Å². The second kappa shape index (κ2) is 10.3. The van der Waals surface area contributed by atoms with Gasteiger partial charge in [-0.3, -0.25) is 4.79 Å². The van der Waals surface area contributed by atoms with E-state index in [0.29, 0.717) is 12.1 Å². The third kappa shape index (κ3) is 5.22. The van der Waals surface area contributed by atoms with Crippen molar-refractivity contribution in [3.05, 3.63) is 72.1 Å². The van der Waals surface area contributed by atoms with Gasteiger partial charge in [-0.15, -0.1) is 0 Å². The Morgan fingerprint density at radius 2 is 2.00 bits per heavy atom. The Labute approximate surface area is 204 Å². The molecule has 1 aliphatic rings. The smallest absolute Gasteiger partial charge is 0.255 e. The van der Waals surface area contributed by atoms with E-state index in [9.17, 15) is 9.90 Å². The number of nitrogens with one attached hydrogen (secondary N) is 3. The van der Waals surface area contributed by atoms with E-state index in [4.69, 9.17) is 0 Å². The highest BCUT2D eigenvalue weighted by molar-refractivity contribution is 6.06. The Morgan fingerprint density at radius 1 is 1.20 bits per heavy atom. The van der Waals surface area contributed by atoms with Crippen molar-refractivity contribution in [2.75, 3.05) is 5.32 Å². The van der Waals surface area contributed by atoms with Gasteiger partial charge in [-0.05, 0) is 55.9 Å². The molecule has 5 rings (SSSR count). The van der Waals surface area contributed by atoms with Gasteiger partial charge in [0, 0.05) is 47.9 Å². The quantitative estimate of drug-likeness (QED) is 0.305. The van der Waals surface area contributed by atoms with Crippen molar-refractivity contribution in [1.29, 1.82) is 0 Å². The molecule has 1 amide bonds. The molecule has 0 saturated heterocycles. The molecule has 3 aromatic heterocycles. The van der Waals surface area contributed by atoms with Gasteiger partial charge in [0.25, 0.3) is 5.91 Å². The summed E-state index contributed by atoms with van der Waals surface area (Å²) in [4.78, 5) is 25.3. The molecule has 1 aliphatic carbocycles. The van der Waals surface area contributed by atoms with Crippen molar-refractivity contribution in [3.8, 4) is 5.69 Å². The molecule has 0 spiro atoms. The highest BCUT2D eigenvalue weighted by Gasteiger charge is 2.23. The minimum absolute atomic E-state index is 0.158. The van der Waals surface area contributed by atoms with Gasteiger partial charge in [0.1, 0.15) is 5.65 Å². The number of imidazole rings is 1. The zero-order valence-corrected chi connectivity index (χ0v) is 20.0. The van der Waals surface area contributed by atoms with E-state index >= 15 is 0 Å². The summed E-state index contributed by atoms with van der Waals surface area (Å²) in [6.07, 6.45) is 12.1. The molecule has 8 heteroatoms. The van der Waals surface area contributed by atoms with E-state index in [1.807, 2.05) is 35.0 Å². The van der Waals surface area contributed by atoms with Crippen molar-refractivity contribution in [2.45, 2.75) is 64.1 Å². The fourth-order valence-electron chi connectivity index (χ4n) is 4.76. The van der Waals surface area contributed by atoms with Gasteiger partial charge in [-0.2, -0.15) is 0 Å². The van der Waals surface area contributed by atoms with Crippen LogP contribution in [0.1, 0.15) is 60.6 Å². The van der Waals surface area contributed by atoms with Crippen LogP contribution in [0.25, 0.3) is 16.7 Å². The van der Waals surface area contributed by atoms with E-state index in [-0.39, 0.29) is 18.1 Å². The van der Waals surface area contributed by atoms with Crippen molar-refractivity contribution in [2.24, 2.45) is 0 Å². The van der Waals surface area contributed by atoms with Crippen LogP contribution in [-0.2, 0) is 13.0 Å². The highest BCUT2D eigenvalue weighted by atomic mass is 16.3.